The van der Waals surface area contributed by atoms with Crippen molar-refractivity contribution in [2.24, 2.45) is 0 Å². The van der Waals surface area contributed by atoms with E-state index in [9.17, 15) is 10.1 Å². The van der Waals surface area contributed by atoms with E-state index in [0.29, 0.717) is 18.1 Å². The molecule has 2 rings (SSSR count). The molecule has 0 spiro atoms. The van der Waals surface area contributed by atoms with Gasteiger partial charge >= 0.3 is 0 Å². The molecule has 24 heavy (non-hydrogen) atoms. The smallest absolute Gasteiger partial charge is 0.264 e. The second kappa shape index (κ2) is 8.97. The first-order valence-electron chi connectivity index (χ1n) is 8.41. The minimum atomic E-state index is -0.188. The summed E-state index contributed by atoms with van der Waals surface area (Å²) in [5, 5.41) is 9.40. The van der Waals surface area contributed by atoms with Crippen LogP contribution in [0.25, 0.3) is 6.08 Å². The van der Waals surface area contributed by atoms with Crippen LogP contribution in [0.3, 0.4) is 0 Å². The standard InChI is InChI=1S/C19H24N2O3/c1-3-24-17-9-8-15(13-18(17)23-2)12-16(14-20)19(22)21-10-6-4-5-7-11-21/h8-9,12-13H,3-7,10-11H2,1-2H3/b16-12+. The molecular formula is C19H24N2O3. The number of nitriles is 1. The molecule has 0 N–H and O–H groups in total. The van der Waals surface area contributed by atoms with Crippen molar-refractivity contribution in [3.05, 3.63) is 29.3 Å². The van der Waals surface area contributed by atoms with Gasteiger partial charge in [0.05, 0.1) is 13.7 Å². The molecule has 0 atom stereocenters. The van der Waals surface area contributed by atoms with Crippen LogP contribution in [0.4, 0.5) is 0 Å². The van der Waals surface area contributed by atoms with Crippen molar-refractivity contribution in [3.63, 3.8) is 0 Å². The predicted molar refractivity (Wildman–Crippen MR) is 92.8 cm³/mol. The molecule has 1 aromatic carbocycles. The number of rotatable bonds is 5. The van der Waals surface area contributed by atoms with Gasteiger partial charge in [-0.1, -0.05) is 18.9 Å². The van der Waals surface area contributed by atoms with Gasteiger partial charge in [-0.25, -0.2) is 0 Å². The number of amides is 1. The fourth-order valence-electron chi connectivity index (χ4n) is 2.80. The van der Waals surface area contributed by atoms with Gasteiger partial charge in [0, 0.05) is 13.1 Å². The Balaban J connectivity index is 2.23. The van der Waals surface area contributed by atoms with Crippen LogP contribution in [-0.2, 0) is 4.79 Å². The van der Waals surface area contributed by atoms with Crippen LogP contribution >= 0.6 is 0 Å². The number of nitrogens with zero attached hydrogens (tertiary/aromatic N) is 2. The van der Waals surface area contributed by atoms with E-state index >= 15 is 0 Å². The number of benzene rings is 1. The van der Waals surface area contributed by atoms with Crippen molar-refractivity contribution >= 4 is 12.0 Å². The molecule has 0 unspecified atom stereocenters. The number of hydrogen-bond acceptors (Lipinski definition) is 4. The largest absolute Gasteiger partial charge is 0.493 e. The van der Waals surface area contributed by atoms with E-state index in [-0.39, 0.29) is 11.5 Å². The summed E-state index contributed by atoms with van der Waals surface area (Å²) in [4.78, 5) is 14.4. The van der Waals surface area contributed by atoms with E-state index in [0.717, 1.165) is 44.3 Å². The first kappa shape index (κ1) is 17.9. The van der Waals surface area contributed by atoms with Gasteiger partial charge in [0.25, 0.3) is 5.91 Å². The maximum Gasteiger partial charge on any atom is 0.264 e. The summed E-state index contributed by atoms with van der Waals surface area (Å²) >= 11 is 0. The van der Waals surface area contributed by atoms with Crippen LogP contribution in [0.5, 0.6) is 11.5 Å². The van der Waals surface area contributed by atoms with Crippen LogP contribution in [0.2, 0.25) is 0 Å². The molecule has 0 radical (unpaired) electrons. The lowest BCUT2D eigenvalue weighted by molar-refractivity contribution is -0.126. The summed E-state index contributed by atoms with van der Waals surface area (Å²) in [5.74, 6) is 1.05. The molecule has 0 saturated carbocycles. The number of likely N-dealkylation sites (tertiary alicyclic amines) is 1. The molecule has 1 saturated heterocycles. The van der Waals surface area contributed by atoms with E-state index in [2.05, 4.69) is 0 Å². The molecule has 1 amide bonds. The fraction of sp³-hybridized carbons (Fsp3) is 0.474. The van der Waals surface area contributed by atoms with E-state index in [1.165, 1.54) is 0 Å². The Morgan fingerprint density at radius 1 is 1.25 bits per heavy atom. The second-order valence-electron chi connectivity index (χ2n) is 5.72. The SMILES string of the molecule is CCOc1ccc(/C=C(\C#N)C(=O)N2CCCCCC2)cc1OC. The number of hydrogen-bond donors (Lipinski definition) is 0. The van der Waals surface area contributed by atoms with E-state index in [4.69, 9.17) is 9.47 Å². The van der Waals surface area contributed by atoms with E-state index in [1.54, 1.807) is 30.2 Å². The third-order valence-electron chi connectivity index (χ3n) is 4.04. The van der Waals surface area contributed by atoms with Crippen LogP contribution < -0.4 is 9.47 Å². The molecule has 5 heteroatoms. The lowest BCUT2D eigenvalue weighted by Gasteiger charge is -2.19. The van der Waals surface area contributed by atoms with Crippen molar-refractivity contribution in [3.8, 4) is 17.6 Å². The van der Waals surface area contributed by atoms with Crippen molar-refractivity contribution in [2.75, 3.05) is 26.8 Å². The maximum atomic E-state index is 12.6. The minimum absolute atomic E-state index is 0.156. The minimum Gasteiger partial charge on any atom is -0.493 e. The summed E-state index contributed by atoms with van der Waals surface area (Å²) in [7, 11) is 1.57. The molecule has 128 valence electrons. The highest BCUT2D eigenvalue weighted by Gasteiger charge is 2.19. The zero-order valence-corrected chi connectivity index (χ0v) is 14.4. The lowest BCUT2D eigenvalue weighted by Crippen LogP contribution is -2.32. The van der Waals surface area contributed by atoms with Gasteiger partial charge in [0.2, 0.25) is 0 Å². The molecule has 1 aliphatic rings. The zero-order chi connectivity index (χ0) is 17.4. The molecule has 0 aliphatic carbocycles. The quantitative estimate of drug-likeness (QED) is 0.614. The average Bonchev–Trinajstić information content (AvgIpc) is 2.89. The zero-order valence-electron chi connectivity index (χ0n) is 14.4. The van der Waals surface area contributed by atoms with Gasteiger partial charge in [-0.15, -0.1) is 0 Å². The number of methoxy groups -OCH3 is 1. The Labute approximate surface area is 143 Å². The Hall–Kier alpha value is -2.48. The van der Waals surface area contributed by atoms with Crippen LogP contribution in [0, 0.1) is 11.3 Å². The summed E-state index contributed by atoms with van der Waals surface area (Å²) in [6.07, 6.45) is 5.91. The first-order chi connectivity index (χ1) is 11.7. The monoisotopic (exact) mass is 328 g/mol. The fourth-order valence-corrected chi connectivity index (χ4v) is 2.80. The van der Waals surface area contributed by atoms with Crippen LogP contribution in [0.15, 0.2) is 23.8 Å². The lowest BCUT2D eigenvalue weighted by atomic mass is 10.1. The highest BCUT2D eigenvalue weighted by atomic mass is 16.5. The Kier molecular flexibility index (Phi) is 6.68. The molecule has 0 aromatic heterocycles. The van der Waals surface area contributed by atoms with Crippen molar-refractivity contribution in [1.82, 2.24) is 4.90 Å². The first-order valence-corrected chi connectivity index (χ1v) is 8.41. The topological polar surface area (TPSA) is 62.6 Å². The average molecular weight is 328 g/mol. The Morgan fingerprint density at radius 3 is 2.54 bits per heavy atom. The van der Waals surface area contributed by atoms with Crippen LogP contribution in [-0.4, -0.2) is 37.6 Å². The molecule has 1 aliphatic heterocycles. The van der Waals surface area contributed by atoms with Gasteiger partial charge in [-0.2, -0.15) is 5.26 Å². The Bertz CT molecular complexity index is 639. The Morgan fingerprint density at radius 2 is 1.96 bits per heavy atom. The summed E-state index contributed by atoms with van der Waals surface area (Å²) < 4.78 is 10.8. The molecule has 1 fully saturated rings. The van der Waals surface area contributed by atoms with Gasteiger partial charge in [-0.05, 0) is 43.5 Å². The summed E-state index contributed by atoms with van der Waals surface area (Å²) in [5.41, 5.74) is 0.901. The second-order valence-corrected chi connectivity index (χ2v) is 5.72. The summed E-state index contributed by atoms with van der Waals surface area (Å²) in [6.45, 7) is 3.90. The molecular weight excluding hydrogens is 304 g/mol. The summed E-state index contributed by atoms with van der Waals surface area (Å²) in [6, 6.07) is 7.43. The van der Waals surface area contributed by atoms with Crippen LogP contribution in [0.1, 0.15) is 38.2 Å². The molecule has 1 aromatic rings. The van der Waals surface area contributed by atoms with Gasteiger partial charge in [0.1, 0.15) is 11.6 Å². The third-order valence-corrected chi connectivity index (χ3v) is 4.04. The van der Waals surface area contributed by atoms with Gasteiger partial charge < -0.3 is 14.4 Å². The van der Waals surface area contributed by atoms with Crippen molar-refractivity contribution in [1.29, 1.82) is 5.26 Å². The van der Waals surface area contributed by atoms with Gasteiger partial charge in [-0.3, -0.25) is 4.79 Å². The van der Waals surface area contributed by atoms with Crippen molar-refractivity contribution in [2.45, 2.75) is 32.6 Å². The third kappa shape index (κ3) is 4.51. The molecule has 5 nitrogen and oxygen atoms in total. The number of carbonyl (C=O) groups excluding carboxylic acids is 1. The van der Waals surface area contributed by atoms with Gasteiger partial charge in [0.15, 0.2) is 11.5 Å². The highest BCUT2D eigenvalue weighted by Crippen LogP contribution is 2.29. The van der Waals surface area contributed by atoms with E-state index < -0.39 is 0 Å². The number of carbonyl (C=O) groups is 1. The number of ether oxygens (including phenoxy) is 2. The molecule has 1 heterocycles. The molecule has 0 bridgehead atoms. The van der Waals surface area contributed by atoms with Crippen molar-refractivity contribution < 1.29 is 14.3 Å². The van der Waals surface area contributed by atoms with E-state index in [1.807, 2.05) is 19.1 Å². The normalized spacial score (nSPS) is 15.4. The predicted octanol–water partition coefficient (Wildman–Crippen LogP) is 3.40. The highest BCUT2D eigenvalue weighted by molar-refractivity contribution is 6.01. The maximum absolute atomic E-state index is 12.6.